The summed E-state index contributed by atoms with van der Waals surface area (Å²) in [5, 5.41) is 0. The number of rotatable bonds is 5. The van der Waals surface area contributed by atoms with Crippen molar-refractivity contribution in [1.82, 2.24) is 9.80 Å². The minimum atomic E-state index is -0.0343. The fourth-order valence-corrected chi connectivity index (χ4v) is 2.17. The zero-order valence-corrected chi connectivity index (χ0v) is 10.7. The molecule has 94 valence electrons. The van der Waals surface area contributed by atoms with Crippen LogP contribution in [0.2, 0.25) is 0 Å². The Labute approximate surface area is 98.5 Å². The van der Waals surface area contributed by atoms with Crippen LogP contribution in [0.15, 0.2) is 0 Å². The van der Waals surface area contributed by atoms with Crippen molar-refractivity contribution in [3.63, 3.8) is 0 Å². The molecule has 1 saturated heterocycles. The molecule has 1 heterocycles. The Morgan fingerprint density at radius 2 is 2.00 bits per heavy atom. The van der Waals surface area contributed by atoms with Gasteiger partial charge in [0.25, 0.3) is 0 Å². The summed E-state index contributed by atoms with van der Waals surface area (Å²) in [4.78, 5) is 16.0. The molecule has 0 N–H and O–H groups in total. The highest BCUT2D eigenvalue weighted by molar-refractivity contribution is 5.72. The molecule has 0 radical (unpaired) electrons. The van der Waals surface area contributed by atoms with Crippen LogP contribution in [-0.4, -0.2) is 63.2 Å². The van der Waals surface area contributed by atoms with Crippen LogP contribution in [0.5, 0.6) is 0 Å². The maximum absolute atomic E-state index is 11.3. The predicted molar refractivity (Wildman–Crippen MR) is 64.4 cm³/mol. The zero-order chi connectivity index (χ0) is 12.0. The minimum absolute atomic E-state index is 0.0343. The molecule has 0 bridgehead atoms. The number of piperidine rings is 1. The first-order valence-corrected chi connectivity index (χ1v) is 6.08. The molecule has 1 aliphatic rings. The van der Waals surface area contributed by atoms with E-state index in [-0.39, 0.29) is 11.9 Å². The maximum atomic E-state index is 11.3. The Morgan fingerprint density at radius 1 is 1.38 bits per heavy atom. The van der Waals surface area contributed by atoms with Crippen molar-refractivity contribution in [2.75, 3.05) is 47.4 Å². The van der Waals surface area contributed by atoms with Crippen LogP contribution in [0, 0.1) is 5.92 Å². The van der Waals surface area contributed by atoms with E-state index in [4.69, 9.17) is 4.74 Å². The van der Waals surface area contributed by atoms with Crippen molar-refractivity contribution in [1.29, 1.82) is 0 Å². The predicted octanol–water partition coefficient (Wildman–Crippen LogP) is 0.823. The van der Waals surface area contributed by atoms with Gasteiger partial charge in [-0.3, -0.25) is 4.79 Å². The minimum Gasteiger partial charge on any atom is -0.469 e. The van der Waals surface area contributed by atoms with Gasteiger partial charge >= 0.3 is 5.97 Å². The van der Waals surface area contributed by atoms with E-state index in [0.717, 1.165) is 39.0 Å². The summed E-state index contributed by atoms with van der Waals surface area (Å²) in [5.74, 6) is 0.100. The molecule has 0 amide bonds. The number of likely N-dealkylation sites (tertiary alicyclic amines) is 1. The van der Waals surface area contributed by atoms with Gasteiger partial charge in [-0.05, 0) is 59.5 Å². The second-order valence-corrected chi connectivity index (χ2v) is 4.80. The number of nitrogens with zero attached hydrogens (tertiary/aromatic N) is 2. The summed E-state index contributed by atoms with van der Waals surface area (Å²) < 4.78 is 4.77. The molecule has 0 aromatic heterocycles. The first-order valence-electron chi connectivity index (χ1n) is 6.08. The molecule has 16 heavy (non-hydrogen) atoms. The first kappa shape index (κ1) is 13.5. The quantitative estimate of drug-likeness (QED) is 0.652. The molecule has 1 rings (SSSR count). The van der Waals surface area contributed by atoms with Crippen LogP contribution in [0.3, 0.4) is 0 Å². The lowest BCUT2D eigenvalue weighted by atomic mass is 9.97. The van der Waals surface area contributed by atoms with Gasteiger partial charge in [0.1, 0.15) is 0 Å². The second-order valence-electron chi connectivity index (χ2n) is 4.80. The van der Waals surface area contributed by atoms with E-state index in [2.05, 4.69) is 23.9 Å². The molecule has 4 heteroatoms. The number of hydrogen-bond acceptors (Lipinski definition) is 4. The molecule has 0 aromatic rings. The van der Waals surface area contributed by atoms with Crippen molar-refractivity contribution < 1.29 is 9.53 Å². The number of hydrogen-bond donors (Lipinski definition) is 0. The normalized spacial score (nSPS) is 19.0. The number of esters is 1. The average Bonchev–Trinajstić information content (AvgIpc) is 2.28. The zero-order valence-electron chi connectivity index (χ0n) is 10.7. The lowest BCUT2D eigenvalue weighted by molar-refractivity contribution is -0.147. The number of ether oxygens (including phenoxy) is 1. The van der Waals surface area contributed by atoms with E-state index < -0.39 is 0 Å². The molecule has 1 aliphatic heterocycles. The van der Waals surface area contributed by atoms with Crippen molar-refractivity contribution in [2.24, 2.45) is 5.92 Å². The lowest BCUT2D eigenvalue weighted by Crippen LogP contribution is -2.37. The van der Waals surface area contributed by atoms with Gasteiger partial charge in [-0.25, -0.2) is 0 Å². The Bertz CT molecular complexity index is 211. The summed E-state index contributed by atoms with van der Waals surface area (Å²) in [5.41, 5.74) is 0. The molecule has 0 saturated carbocycles. The van der Waals surface area contributed by atoms with E-state index >= 15 is 0 Å². The molecule has 1 fully saturated rings. The first-order chi connectivity index (χ1) is 7.63. The van der Waals surface area contributed by atoms with Gasteiger partial charge in [0.2, 0.25) is 0 Å². The Kier molecular flexibility index (Phi) is 5.77. The van der Waals surface area contributed by atoms with Gasteiger partial charge < -0.3 is 14.5 Å². The standard InChI is InChI=1S/C12H24N2O2/c1-13(2)7-4-8-14-9-5-11(6-10-14)12(15)16-3/h11H,4-10H2,1-3H3. The molecular formula is C12H24N2O2. The number of carbonyl (C=O) groups excluding carboxylic acids is 1. The van der Waals surface area contributed by atoms with Crippen molar-refractivity contribution in [3.8, 4) is 0 Å². The lowest BCUT2D eigenvalue weighted by Gasteiger charge is -2.30. The fraction of sp³-hybridized carbons (Fsp3) is 0.917. The maximum Gasteiger partial charge on any atom is 0.308 e. The molecular weight excluding hydrogens is 204 g/mol. The van der Waals surface area contributed by atoms with Crippen molar-refractivity contribution in [2.45, 2.75) is 19.3 Å². The monoisotopic (exact) mass is 228 g/mol. The molecule has 0 aromatic carbocycles. The molecule has 0 aliphatic carbocycles. The van der Waals surface area contributed by atoms with Crippen molar-refractivity contribution >= 4 is 5.97 Å². The van der Waals surface area contributed by atoms with E-state index in [1.54, 1.807) is 0 Å². The van der Waals surface area contributed by atoms with Gasteiger partial charge in [-0.2, -0.15) is 0 Å². The van der Waals surface area contributed by atoms with Crippen LogP contribution in [0.1, 0.15) is 19.3 Å². The van der Waals surface area contributed by atoms with E-state index in [1.165, 1.54) is 13.5 Å². The highest BCUT2D eigenvalue weighted by Crippen LogP contribution is 2.18. The number of methoxy groups -OCH3 is 1. The van der Waals surface area contributed by atoms with Gasteiger partial charge in [0.05, 0.1) is 13.0 Å². The third-order valence-corrected chi connectivity index (χ3v) is 3.20. The SMILES string of the molecule is COC(=O)C1CCN(CCCN(C)C)CC1. The third-order valence-electron chi connectivity index (χ3n) is 3.20. The summed E-state index contributed by atoms with van der Waals surface area (Å²) in [6.45, 7) is 4.35. The third kappa shape index (κ3) is 4.49. The summed E-state index contributed by atoms with van der Waals surface area (Å²) in [7, 11) is 5.68. The van der Waals surface area contributed by atoms with Gasteiger partial charge in [-0.15, -0.1) is 0 Å². The molecule has 0 spiro atoms. The summed E-state index contributed by atoms with van der Waals surface area (Å²) >= 11 is 0. The highest BCUT2D eigenvalue weighted by atomic mass is 16.5. The second kappa shape index (κ2) is 6.86. The van der Waals surface area contributed by atoms with E-state index in [9.17, 15) is 4.79 Å². The highest BCUT2D eigenvalue weighted by Gasteiger charge is 2.24. The summed E-state index contributed by atoms with van der Waals surface area (Å²) in [6, 6.07) is 0. The van der Waals surface area contributed by atoms with Crippen LogP contribution in [0.25, 0.3) is 0 Å². The molecule has 4 nitrogen and oxygen atoms in total. The Morgan fingerprint density at radius 3 is 2.50 bits per heavy atom. The van der Waals surface area contributed by atoms with Crippen LogP contribution < -0.4 is 0 Å². The van der Waals surface area contributed by atoms with Crippen LogP contribution in [0.4, 0.5) is 0 Å². The average molecular weight is 228 g/mol. The summed E-state index contributed by atoms with van der Waals surface area (Å²) in [6.07, 6.45) is 3.11. The van der Waals surface area contributed by atoms with Gasteiger partial charge in [-0.1, -0.05) is 0 Å². The van der Waals surface area contributed by atoms with Crippen molar-refractivity contribution in [3.05, 3.63) is 0 Å². The van der Waals surface area contributed by atoms with Gasteiger partial charge in [0, 0.05) is 0 Å². The molecule has 0 atom stereocenters. The van der Waals surface area contributed by atoms with E-state index in [1.807, 2.05) is 0 Å². The van der Waals surface area contributed by atoms with E-state index in [0.29, 0.717) is 0 Å². The van der Waals surface area contributed by atoms with Crippen LogP contribution in [-0.2, 0) is 9.53 Å². The largest absolute Gasteiger partial charge is 0.469 e. The Balaban J connectivity index is 2.14. The topological polar surface area (TPSA) is 32.8 Å². The number of carbonyl (C=O) groups is 1. The van der Waals surface area contributed by atoms with Gasteiger partial charge in [0.15, 0.2) is 0 Å². The van der Waals surface area contributed by atoms with Crippen LogP contribution >= 0.6 is 0 Å². The molecule has 0 unspecified atom stereocenters. The Hall–Kier alpha value is -0.610. The smallest absolute Gasteiger partial charge is 0.308 e. The fourth-order valence-electron chi connectivity index (χ4n) is 2.17.